The summed E-state index contributed by atoms with van der Waals surface area (Å²) in [5, 5.41) is 7.66. The zero-order valence-electron chi connectivity index (χ0n) is 16.1. The number of fused-ring (bicyclic) bond motifs is 3. The first-order valence-corrected chi connectivity index (χ1v) is 9.10. The fourth-order valence-electron chi connectivity index (χ4n) is 3.29. The quantitative estimate of drug-likeness (QED) is 0.524. The molecule has 0 unspecified atom stereocenters. The smallest absolute Gasteiger partial charge is 0.259 e. The second-order valence-electron chi connectivity index (χ2n) is 6.49. The van der Waals surface area contributed by atoms with E-state index < -0.39 is 0 Å². The van der Waals surface area contributed by atoms with E-state index in [4.69, 9.17) is 9.47 Å². The minimum atomic E-state index is -0.300. The lowest BCUT2D eigenvalue weighted by atomic mass is 10.1. The average Bonchev–Trinajstić information content (AvgIpc) is 3.17. The molecule has 0 atom stereocenters. The fraction of sp³-hybridized carbons (Fsp3) is 0.190. The molecular weight excluding hydrogens is 372 g/mol. The van der Waals surface area contributed by atoms with Crippen LogP contribution >= 0.6 is 0 Å². The minimum absolute atomic E-state index is 0.257. The van der Waals surface area contributed by atoms with Gasteiger partial charge in [0.05, 0.1) is 31.3 Å². The molecule has 0 bridgehead atoms. The molecule has 0 aliphatic rings. The minimum Gasteiger partial charge on any atom is -0.493 e. The first-order valence-electron chi connectivity index (χ1n) is 9.10. The van der Waals surface area contributed by atoms with Crippen LogP contribution in [0.4, 0.5) is 0 Å². The molecule has 1 amide bonds. The van der Waals surface area contributed by atoms with Gasteiger partial charge in [-0.05, 0) is 36.2 Å². The van der Waals surface area contributed by atoms with Crippen molar-refractivity contribution < 1.29 is 14.3 Å². The van der Waals surface area contributed by atoms with E-state index in [1.807, 2.05) is 24.3 Å². The monoisotopic (exact) mass is 392 g/mol. The van der Waals surface area contributed by atoms with Crippen LogP contribution in [-0.4, -0.2) is 41.3 Å². The number of carbonyl (C=O) groups is 1. The summed E-state index contributed by atoms with van der Waals surface area (Å²) in [6.07, 6.45) is 2.08. The van der Waals surface area contributed by atoms with Crippen molar-refractivity contribution in [3.05, 3.63) is 70.1 Å². The average molecular weight is 392 g/mol. The lowest BCUT2D eigenvalue weighted by Gasteiger charge is -2.10. The molecule has 0 spiro atoms. The van der Waals surface area contributed by atoms with Gasteiger partial charge in [0.2, 0.25) is 0 Å². The number of H-pyrrole nitrogens is 1. The Hall–Kier alpha value is -3.81. The Balaban J connectivity index is 1.52. The van der Waals surface area contributed by atoms with E-state index in [-0.39, 0.29) is 11.5 Å². The molecule has 0 fully saturated rings. The number of hydrogen-bond donors (Lipinski definition) is 2. The SMILES string of the molecule is COc1ccc(CCNC(=O)c2cnn3c2[nH]c(=O)c2ccccc23)cc1OC. The van der Waals surface area contributed by atoms with E-state index in [0.29, 0.717) is 46.6 Å². The number of nitrogens with one attached hydrogen (secondary N) is 2. The Labute approximate surface area is 166 Å². The van der Waals surface area contributed by atoms with Gasteiger partial charge < -0.3 is 19.8 Å². The lowest BCUT2D eigenvalue weighted by Crippen LogP contribution is -2.26. The fourth-order valence-corrected chi connectivity index (χ4v) is 3.29. The van der Waals surface area contributed by atoms with Crippen molar-refractivity contribution in [1.82, 2.24) is 19.9 Å². The van der Waals surface area contributed by atoms with Gasteiger partial charge in [-0.25, -0.2) is 4.52 Å². The van der Waals surface area contributed by atoms with Crippen molar-refractivity contribution in [2.24, 2.45) is 0 Å². The first kappa shape index (κ1) is 18.5. The number of rotatable bonds is 6. The maximum Gasteiger partial charge on any atom is 0.259 e. The van der Waals surface area contributed by atoms with E-state index in [1.54, 1.807) is 36.9 Å². The van der Waals surface area contributed by atoms with Crippen LogP contribution in [0.1, 0.15) is 15.9 Å². The molecule has 2 heterocycles. The summed E-state index contributed by atoms with van der Waals surface area (Å²) in [5.74, 6) is 0.998. The van der Waals surface area contributed by atoms with Gasteiger partial charge in [-0.3, -0.25) is 9.59 Å². The van der Waals surface area contributed by atoms with Gasteiger partial charge in [-0.15, -0.1) is 0 Å². The van der Waals surface area contributed by atoms with Crippen molar-refractivity contribution in [2.45, 2.75) is 6.42 Å². The summed E-state index contributed by atoms with van der Waals surface area (Å²) < 4.78 is 12.1. The third-order valence-electron chi connectivity index (χ3n) is 4.77. The molecule has 0 aliphatic heterocycles. The van der Waals surface area contributed by atoms with E-state index in [1.165, 1.54) is 6.20 Å². The highest BCUT2D eigenvalue weighted by atomic mass is 16.5. The number of ether oxygens (including phenoxy) is 2. The third-order valence-corrected chi connectivity index (χ3v) is 4.77. The van der Waals surface area contributed by atoms with Gasteiger partial charge in [0, 0.05) is 6.54 Å². The van der Waals surface area contributed by atoms with Gasteiger partial charge in [0.25, 0.3) is 11.5 Å². The maximum absolute atomic E-state index is 12.6. The zero-order valence-corrected chi connectivity index (χ0v) is 16.1. The Kier molecular flexibility index (Phi) is 4.90. The molecule has 0 aliphatic carbocycles. The number of nitrogens with zero attached hydrogens (tertiary/aromatic N) is 2. The molecule has 8 heteroatoms. The van der Waals surface area contributed by atoms with Crippen molar-refractivity contribution >= 4 is 22.5 Å². The van der Waals surface area contributed by atoms with Crippen molar-refractivity contribution in [1.29, 1.82) is 0 Å². The largest absolute Gasteiger partial charge is 0.493 e. The molecule has 0 saturated heterocycles. The van der Waals surface area contributed by atoms with E-state index >= 15 is 0 Å². The number of carbonyl (C=O) groups excluding carboxylic acids is 1. The molecule has 148 valence electrons. The number of amides is 1. The summed E-state index contributed by atoms with van der Waals surface area (Å²) in [4.78, 5) is 27.7. The Bertz CT molecular complexity index is 1260. The van der Waals surface area contributed by atoms with Crippen molar-refractivity contribution in [3.63, 3.8) is 0 Å². The number of para-hydroxylation sites is 1. The number of methoxy groups -OCH3 is 2. The molecular formula is C21H20N4O4. The predicted molar refractivity (Wildman–Crippen MR) is 109 cm³/mol. The maximum atomic E-state index is 12.6. The molecule has 2 aromatic carbocycles. The third kappa shape index (κ3) is 3.40. The highest BCUT2D eigenvalue weighted by molar-refractivity contribution is 6.00. The van der Waals surface area contributed by atoms with E-state index in [9.17, 15) is 9.59 Å². The molecule has 0 radical (unpaired) electrons. The van der Waals surface area contributed by atoms with Crippen molar-refractivity contribution in [3.8, 4) is 11.5 Å². The van der Waals surface area contributed by atoms with Crippen LogP contribution in [0.2, 0.25) is 0 Å². The summed E-state index contributed by atoms with van der Waals surface area (Å²) in [6, 6.07) is 12.8. The Morgan fingerprint density at radius 1 is 1.14 bits per heavy atom. The molecule has 4 aromatic rings. The van der Waals surface area contributed by atoms with Gasteiger partial charge in [-0.2, -0.15) is 5.10 Å². The highest BCUT2D eigenvalue weighted by Crippen LogP contribution is 2.27. The predicted octanol–water partition coefficient (Wildman–Crippen LogP) is 2.17. The van der Waals surface area contributed by atoms with E-state index in [0.717, 1.165) is 5.56 Å². The molecule has 29 heavy (non-hydrogen) atoms. The van der Waals surface area contributed by atoms with Gasteiger partial charge in [0.15, 0.2) is 11.5 Å². The molecule has 8 nitrogen and oxygen atoms in total. The second-order valence-corrected chi connectivity index (χ2v) is 6.49. The number of benzene rings is 2. The van der Waals surface area contributed by atoms with Crippen LogP contribution in [0.25, 0.3) is 16.6 Å². The van der Waals surface area contributed by atoms with Crippen LogP contribution in [0.3, 0.4) is 0 Å². The Morgan fingerprint density at radius 3 is 2.72 bits per heavy atom. The van der Waals surface area contributed by atoms with Crippen molar-refractivity contribution in [2.75, 3.05) is 20.8 Å². The van der Waals surface area contributed by atoms with Crippen LogP contribution in [-0.2, 0) is 6.42 Å². The molecule has 2 N–H and O–H groups in total. The first-order chi connectivity index (χ1) is 14.1. The summed E-state index contributed by atoms with van der Waals surface area (Å²) in [7, 11) is 3.17. The second kappa shape index (κ2) is 7.67. The summed E-state index contributed by atoms with van der Waals surface area (Å²) in [6.45, 7) is 0.420. The molecule has 4 rings (SSSR count). The van der Waals surface area contributed by atoms with Gasteiger partial charge in [-0.1, -0.05) is 18.2 Å². The van der Waals surface area contributed by atoms with Crippen LogP contribution in [0, 0.1) is 0 Å². The Morgan fingerprint density at radius 2 is 1.93 bits per heavy atom. The zero-order chi connectivity index (χ0) is 20.4. The normalized spacial score (nSPS) is 11.0. The number of aromatic nitrogens is 3. The standard InChI is InChI=1S/C21H20N4O4/c1-28-17-8-7-13(11-18(17)29-2)9-10-22-20(26)15-12-23-25-16-6-4-3-5-14(16)21(27)24-19(15)25/h3-8,11-12H,9-10H2,1-2H3,(H,22,26)(H,24,27). The van der Waals surface area contributed by atoms with Crippen LogP contribution in [0.15, 0.2) is 53.5 Å². The van der Waals surface area contributed by atoms with Gasteiger partial charge in [0.1, 0.15) is 11.2 Å². The summed E-state index contributed by atoms with van der Waals surface area (Å²) in [5.41, 5.74) is 2.09. The van der Waals surface area contributed by atoms with Gasteiger partial charge >= 0.3 is 0 Å². The highest BCUT2D eigenvalue weighted by Gasteiger charge is 2.16. The van der Waals surface area contributed by atoms with E-state index in [2.05, 4.69) is 15.4 Å². The summed E-state index contributed by atoms with van der Waals surface area (Å²) >= 11 is 0. The van der Waals surface area contributed by atoms with Crippen LogP contribution in [0.5, 0.6) is 11.5 Å². The van der Waals surface area contributed by atoms with Crippen LogP contribution < -0.4 is 20.3 Å². The number of hydrogen-bond acceptors (Lipinski definition) is 5. The topological polar surface area (TPSA) is 97.7 Å². The lowest BCUT2D eigenvalue weighted by molar-refractivity contribution is 0.0955. The molecule has 2 aromatic heterocycles. The number of aromatic amines is 1. The molecule has 0 saturated carbocycles.